The Morgan fingerprint density at radius 1 is 0.636 bits per heavy atom. The zero-order valence-electron chi connectivity index (χ0n) is 11.6. The molecule has 116 valence electrons. The molecule has 0 fully saturated rings. The molecule has 0 saturated heterocycles. The van der Waals surface area contributed by atoms with Crippen LogP contribution in [0.2, 0.25) is 0 Å². The molecule has 0 bridgehead atoms. The first-order valence-corrected chi connectivity index (χ1v) is 6.05. The third kappa shape index (κ3) is 10.9. The van der Waals surface area contributed by atoms with Crippen molar-refractivity contribution in [3.05, 3.63) is 83.9 Å². The van der Waals surface area contributed by atoms with Crippen molar-refractivity contribution >= 4 is 37.1 Å². The van der Waals surface area contributed by atoms with Gasteiger partial charge in [0.1, 0.15) is 0 Å². The zero-order chi connectivity index (χ0) is 14.5. The van der Waals surface area contributed by atoms with E-state index in [-0.39, 0.29) is 32.8 Å². The molecule has 0 radical (unpaired) electrons. The van der Waals surface area contributed by atoms with Gasteiger partial charge in [-0.25, -0.2) is 12.2 Å². The maximum atomic E-state index is 9.77. The van der Waals surface area contributed by atoms with Crippen LogP contribution in [0, 0.1) is 0 Å². The Morgan fingerprint density at radius 2 is 0.955 bits per heavy atom. The topological polar surface area (TPSA) is 34.1 Å². The Bertz CT molecular complexity index is 513. The van der Waals surface area contributed by atoms with E-state index in [0.717, 1.165) is 11.1 Å². The first-order valence-electron chi connectivity index (χ1n) is 6.05. The second-order valence-electron chi connectivity index (χ2n) is 3.72. The summed E-state index contributed by atoms with van der Waals surface area (Å²) in [7, 11) is 0. The third-order valence-electron chi connectivity index (χ3n) is 2.29. The van der Waals surface area contributed by atoms with Crippen LogP contribution >= 0.6 is 12.4 Å². The van der Waals surface area contributed by atoms with E-state index < -0.39 is 0 Å². The van der Waals surface area contributed by atoms with Gasteiger partial charge < -0.3 is 9.59 Å². The minimum absolute atomic E-state index is 0. The van der Waals surface area contributed by atoms with E-state index in [1.165, 1.54) is 12.2 Å². The molecule has 0 aliphatic heterocycles. The van der Waals surface area contributed by atoms with Gasteiger partial charge in [0.2, 0.25) is 0 Å². The molecule has 2 rings (SSSR count). The van der Waals surface area contributed by atoms with Gasteiger partial charge in [-0.2, -0.15) is 12.2 Å². The van der Waals surface area contributed by atoms with Crippen molar-refractivity contribution in [2.24, 2.45) is 0 Å². The van der Waals surface area contributed by atoms with Crippen LogP contribution in [0.4, 0.5) is 0 Å². The van der Waals surface area contributed by atoms with Crippen LogP contribution in [-0.4, -0.2) is 12.6 Å². The minimum Gasteiger partial charge on any atom is -0.419 e. The van der Waals surface area contributed by atoms with E-state index in [1.54, 1.807) is 24.7 Å². The Hall–Kier alpha value is -1.79. The van der Waals surface area contributed by atoms with E-state index in [0.29, 0.717) is 0 Å². The van der Waals surface area contributed by atoms with Crippen LogP contribution in [0.25, 0.3) is 12.2 Å². The maximum absolute atomic E-state index is 9.77. The van der Waals surface area contributed by atoms with E-state index >= 15 is 0 Å². The predicted octanol–water partition coefficient (Wildman–Crippen LogP) is 4.04. The molecule has 2 aromatic rings. The maximum Gasteiger partial charge on any atom is 2.00 e. The molecule has 0 aliphatic carbocycles. The molecular weight excluding hydrogens is 390 g/mol. The summed E-state index contributed by atoms with van der Waals surface area (Å²) < 4.78 is 0. The van der Waals surface area contributed by atoms with Crippen LogP contribution in [0.15, 0.2) is 72.8 Å². The summed E-state index contributed by atoms with van der Waals surface area (Å²) in [4.78, 5) is 19.5. The van der Waals surface area contributed by atoms with E-state index in [1.807, 2.05) is 60.7 Å². The van der Waals surface area contributed by atoms with Crippen molar-refractivity contribution < 1.29 is 30.0 Å². The normalized spacial score (nSPS) is 9.09. The number of hydrogen-bond donors (Lipinski definition) is 0. The fourth-order valence-corrected chi connectivity index (χ4v) is 1.39. The average Bonchev–Trinajstić information content (AvgIpc) is 2.53. The second kappa shape index (κ2) is 15.6. The van der Waals surface area contributed by atoms with Crippen LogP contribution in [0.5, 0.6) is 0 Å². The standard InChI is InChI=1S/2C9H7O.ClH.Pd/c2*10-8-4-7-9-5-2-1-3-6-9;;/h2*1-7H;1H;/q2*-1;;+2. The molecule has 0 saturated carbocycles. The smallest absolute Gasteiger partial charge is 0.419 e. The number of hydrogen-bond acceptors (Lipinski definition) is 2. The predicted molar refractivity (Wildman–Crippen MR) is 89.6 cm³/mol. The summed E-state index contributed by atoms with van der Waals surface area (Å²) in [6.45, 7) is 0. The van der Waals surface area contributed by atoms with Gasteiger partial charge in [-0.3, -0.25) is 0 Å². The summed E-state index contributed by atoms with van der Waals surface area (Å²) in [5, 5.41) is 0. The van der Waals surface area contributed by atoms with Crippen LogP contribution in [0.3, 0.4) is 0 Å². The van der Waals surface area contributed by atoms with Gasteiger partial charge in [-0.1, -0.05) is 60.7 Å². The van der Waals surface area contributed by atoms with Crippen LogP contribution < -0.4 is 0 Å². The number of halogens is 1. The molecule has 0 amide bonds. The Kier molecular flexibility index (Phi) is 15.9. The fourth-order valence-electron chi connectivity index (χ4n) is 1.39. The molecule has 2 nitrogen and oxygen atoms in total. The monoisotopic (exact) mass is 404 g/mol. The summed E-state index contributed by atoms with van der Waals surface area (Å²) in [6, 6.07) is 19.2. The molecule has 4 heteroatoms. The summed E-state index contributed by atoms with van der Waals surface area (Å²) >= 11 is 0. The van der Waals surface area contributed by atoms with Crippen molar-refractivity contribution in [3.63, 3.8) is 0 Å². The number of allylic oxidation sites excluding steroid dienone is 2. The fraction of sp³-hybridized carbons (Fsp3) is 0. The van der Waals surface area contributed by atoms with Crippen molar-refractivity contribution in [3.8, 4) is 0 Å². The van der Waals surface area contributed by atoms with Crippen molar-refractivity contribution in [2.45, 2.75) is 0 Å². The second-order valence-corrected chi connectivity index (χ2v) is 3.72. The van der Waals surface area contributed by atoms with Gasteiger partial charge in [0.25, 0.3) is 0 Å². The van der Waals surface area contributed by atoms with Crippen molar-refractivity contribution in [1.29, 1.82) is 0 Å². The molecule has 0 aliphatic rings. The quantitative estimate of drug-likeness (QED) is 0.437. The van der Waals surface area contributed by atoms with Crippen molar-refractivity contribution in [2.75, 3.05) is 0 Å². The summed E-state index contributed by atoms with van der Waals surface area (Å²) in [6.07, 6.45) is 9.51. The first-order chi connectivity index (χ1) is 9.86. The molecule has 2 aromatic carbocycles. The van der Waals surface area contributed by atoms with Gasteiger partial charge in [0, 0.05) is 0 Å². The summed E-state index contributed by atoms with van der Waals surface area (Å²) in [5.74, 6) is 0. The number of benzene rings is 2. The van der Waals surface area contributed by atoms with Gasteiger partial charge in [-0.15, -0.1) is 23.5 Å². The Balaban J connectivity index is 0. The van der Waals surface area contributed by atoms with Gasteiger partial charge >= 0.3 is 20.4 Å². The Labute approximate surface area is 151 Å². The van der Waals surface area contributed by atoms with Gasteiger partial charge in [-0.05, 0) is 12.6 Å². The molecule has 0 N–H and O–H groups in total. The molecule has 0 unspecified atom stereocenters. The number of rotatable bonds is 4. The molecular formula is C18H15ClO2Pd. The molecule has 0 aromatic heterocycles. The van der Waals surface area contributed by atoms with Crippen molar-refractivity contribution in [1.82, 2.24) is 0 Å². The SMILES string of the molecule is Cl.O=[C-]C=Cc1ccccc1.O=[C-]C=Cc1ccccc1.[Pd+2]. The minimum atomic E-state index is 0. The first kappa shape index (κ1) is 22.5. The largest absolute Gasteiger partial charge is 2.00 e. The third-order valence-corrected chi connectivity index (χ3v) is 2.29. The number of carbonyl (C=O) groups excluding carboxylic acids is 2. The van der Waals surface area contributed by atoms with Gasteiger partial charge in [0.15, 0.2) is 0 Å². The van der Waals surface area contributed by atoms with Crippen LogP contribution in [-0.2, 0) is 30.0 Å². The van der Waals surface area contributed by atoms with Gasteiger partial charge in [0.05, 0.1) is 0 Å². The Morgan fingerprint density at radius 3 is 1.23 bits per heavy atom. The molecule has 0 spiro atoms. The molecule has 22 heavy (non-hydrogen) atoms. The van der Waals surface area contributed by atoms with E-state index in [4.69, 9.17) is 0 Å². The van der Waals surface area contributed by atoms with E-state index in [2.05, 4.69) is 0 Å². The molecule has 0 atom stereocenters. The van der Waals surface area contributed by atoms with E-state index in [9.17, 15) is 9.59 Å². The summed E-state index contributed by atoms with van der Waals surface area (Å²) in [5.41, 5.74) is 2.04. The van der Waals surface area contributed by atoms with Crippen LogP contribution in [0.1, 0.15) is 11.1 Å². The average molecular weight is 405 g/mol. The zero-order valence-corrected chi connectivity index (χ0v) is 14.0. The molecule has 0 heterocycles.